The van der Waals surface area contributed by atoms with Crippen LogP contribution in [0.4, 0.5) is 18.9 Å². The minimum atomic E-state index is -4.61. The molecule has 1 aromatic rings. The predicted octanol–water partition coefficient (Wildman–Crippen LogP) is 2.49. The van der Waals surface area contributed by atoms with E-state index in [4.69, 9.17) is 11.6 Å². The van der Waals surface area contributed by atoms with Crippen molar-refractivity contribution in [2.45, 2.75) is 12.6 Å². The third kappa shape index (κ3) is 3.81. The van der Waals surface area contributed by atoms with Crippen molar-refractivity contribution >= 4 is 29.1 Å². The van der Waals surface area contributed by atoms with E-state index < -0.39 is 22.7 Å². The summed E-state index contributed by atoms with van der Waals surface area (Å²) in [5.41, 5.74) is -0.876. The first-order valence-electron chi connectivity index (χ1n) is 8.31. The van der Waals surface area contributed by atoms with Gasteiger partial charge in [0.25, 0.3) is 0 Å². The van der Waals surface area contributed by atoms with Crippen LogP contribution < -0.4 is 4.90 Å². The Balaban J connectivity index is 1.75. The predicted molar refractivity (Wildman–Crippen MR) is 91.0 cm³/mol. The molecule has 2 fully saturated rings. The van der Waals surface area contributed by atoms with E-state index in [1.54, 1.807) is 4.90 Å². The lowest BCUT2D eigenvalue weighted by Crippen LogP contribution is -2.49. The summed E-state index contributed by atoms with van der Waals surface area (Å²) >= 11 is 5.63. The highest BCUT2D eigenvalue weighted by atomic mass is 35.5. The number of alkyl halides is 3. The standard InChI is InChI=1S/C17H19ClF3N3O2/c1-22-4-6-23(7-5-22)16(26)11-8-15(25)24(10-11)12-2-3-14(18)13(9-12)17(19,20)21/h2-3,9,11H,4-8,10H2,1H3. The molecule has 2 aliphatic rings. The maximum absolute atomic E-state index is 13.0. The van der Waals surface area contributed by atoms with Gasteiger partial charge in [-0.2, -0.15) is 13.2 Å². The molecule has 9 heteroatoms. The lowest BCUT2D eigenvalue weighted by molar-refractivity contribution is -0.138. The maximum atomic E-state index is 13.0. The number of benzene rings is 1. The minimum Gasteiger partial charge on any atom is -0.340 e. The van der Waals surface area contributed by atoms with Crippen molar-refractivity contribution < 1.29 is 22.8 Å². The van der Waals surface area contributed by atoms with Crippen LogP contribution in [0, 0.1) is 5.92 Å². The quantitative estimate of drug-likeness (QED) is 0.780. The summed E-state index contributed by atoms with van der Waals surface area (Å²) in [7, 11) is 1.97. The molecule has 142 valence electrons. The molecule has 26 heavy (non-hydrogen) atoms. The van der Waals surface area contributed by atoms with Gasteiger partial charge in [-0.05, 0) is 25.2 Å². The number of hydrogen-bond acceptors (Lipinski definition) is 3. The van der Waals surface area contributed by atoms with Crippen molar-refractivity contribution in [2.24, 2.45) is 5.92 Å². The molecule has 3 rings (SSSR count). The lowest BCUT2D eigenvalue weighted by Gasteiger charge is -2.33. The number of carbonyl (C=O) groups excluding carboxylic acids is 2. The molecule has 1 unspecified atom stereocenters. The molecule has 0 spiro atoms. The second-order valence-corrected chi connectivity index (χ2v) is 7.10. The van der Waals surface area contributed by atoms with Crippen molar-refractivity contribution in [3.8, 4) is 0 Å². The van der Waals surface area contributed by atoms with Gasteiger partial charge in [-0.25, -0.2) is 0 Å². The number of hydrogen-bond donors (Lipinski definition) is 0. The van der Waals surface area contributed by atoms with Crippen LogP contribution in [0.2, 0.25) is 5.02 Å². The average Bonchev–Trinajstić information content (AvgIpc) is 2.96. The van der Waals surface area contributed by atoms with Crippen LogP contribution in [0.15, 0.2) is 18.2 Å². The zero-order chi connectivity index (χ0) is 19.1. The Labute approximate surface area is 154 Å². The third-order valence-corrected chi connectivity index (χ3v) is 5.19. The Kier molecular flexibility index (Phi) is 5.16. The van der Waals surface area contributed by atoms with Crippen LogP contribution in [-0.4, -0.2) is 61.4 Å². The van der Waals surface area contributed by atoms with Crippen LogP contribution in [0.25, 0.3) is 0 Å². The Bertz CT molecular complexity index is 718. The van der Waals surface area contributed by atoms with E-state index in [1.807, 2.05) is 7.05 Å². The van der Waals surface area contributed by atoms with Gasteiger partial charge in [-0.15, -0.1) is 0 Å². The number of carbonyl (C=O) groups is 2. The van der Waals surface area contributed by atoms with Crippen molar-refractivity contribution in [1.29, 1.82) is 0 Å². The highest BCUT2D eigenvalue weighted by molar-refractivity contribution is 6.31. The Morgan fingerprint density at radius 2 is 1.85 bits per heavy atom. The average molecular weight is 390 g/mol. The molecule has 0 radical (unpaired) electrons. The van der Waals surface area contributed by atoms with Gasteiger partial charge in [-0.1, -0.05) is 11.6 Å². The van der Waals surface area contributed by atoms with E-state index in [2.05, 4.69) is 4.90 Å². The normalized spacial score (nSPS) is 22.2. The summed E-state index contributed by atoms with van der Waals surface area (Å²) in [6.07, 6.45) is -4.60. The number of rotatable bonds is 2. The third-order valence-electron chi connectivity index (χ3n) is 4.86. The topological polar surface area (TPSA) is 43.9 Å². The van der Waals surface area contributed by atoms with Crippen LogP contribution in [0.1, 0.15) is 12.0 Å². The molecule has 0 N–H and O–H groups in total. The van der Waals surface area contributed by atoms with Crippen molar-refractivity contribution in [1.82, 2.24) is 9.80 Å². The fourth-order valence-corrected chi connectivity index (χ4v) is 3.53. The number of nitrogens with zero attached hydrogens (tertiary/aromatic N) is 3. The van der Waals surface area contributed by atoms with Gasteiger partial charge in [0, 0.05) is 44.8 Å². The van der Waals surface area contributed by atoms with Crippen molar-refractivity contribution in [2.75, 3.05) is 44.7 Å². The van der Waals surface area contributed by atoms with Crippen LogP contribution in [0.5, 0.6) is 0 Å². The fourth-order valence-electron chi connectivity index (χ4n) is 3.31. The zero-order valence-electron chi connectivity index (χ0n) is 14.2. The SMILES string of the molecule is CN1CCN(C(=O)C2CC(=O)N(c3ccc(Cl)c(C(F)(F)F)c3)C2)CC1. The van der Waals surface area contributed by atoms with E-state index in [1.165, 1.54) is 11.0 Å². The Morgan fingerprint density at radius 3 is 2.46 bits per heavy atom. The summed E-state index contributed by atoms with van der Waals surface area (Å²) in [4.78, 5) is 30.0. The van der Waals surface area contributed by atoms with Gasteiger partial charge < -0.3 is 14.7 Å². The fraction of sp³-hybridized carbons (Fsp3) is 0.529. The number of amides is 2. The molecular formula is C17H19ClF3N3O2. The van der Waals surface area contributed by atoms with E-state index >= 15 is 0 Å². The largest absolute Gasteiger partial charge is 0.417 e. The summed E-state index contributed by atoms with van der Waals surface area (Å²) < 4.78 is 39.1. The number of piperazine rings is 1. The van der Waals surface area contributed by atoms with Gasteiger partial charge >= 0.3 is 6.18 Å². The summed E-state index contributed by atoms with van der Waals surface area (Å²) in [6, 6.07) is 3.36. The summed E-state index contributed by atoms with van der Waals surface area (Å²) in [6.45, 7) is 2.81. The van der Waals surface area contributed by atoms with Gasteiger partial charge in [0.05, 0.1) is 16.5 Å². The molecule has 0 saturated carbocycles. The van der Waals surface area contributed by atoms with Crippen LogP contribution in [0.3, 0.4) is 0 Å². The minimum absolute atomic E-state index is 0.00908. The first kappa shape index (κ1) is 19.0. The lowest BCUT2D eigenvalue weighted by atomic mass is 10.1. The van der Waals surface area contributed by atoms with E-state index in [0.717, 1.165) is 25.2 Å². The van der Waals surface area contributed by atoms with E-state index in [-0.39, 0.29) is 30.5 Å². The molecule has 5 nitrogen and oxygen atoms in total. The van der Waals surface area contributed by atoms with Gasteiger partial charge in [0.15, 0.2) is 0 Å². The summed E-state index contributed by atoms with van der Waals surface area (Å²) in [5.74, 6) is -0.997. The van der Waals surface area contributed by atoms with Gasteiger partial charge in [0.1, 0.15) is 0 Å². The smallest absolute Gasteiger partial charge is 0.340 e. The first-order chi connectivity index (χ1) is 12.2. The molecule has 0 bridgehead atoms. The second kappa shape index (κ2) is 7.08. The molecular weight excluding hydrogens is 371 g/mol. The monoisotopic (exact) mass is 389 g/mol. The number of halogens is 4. The summed E-state index contributed by atoms with van der Waals surface area (Å²) in [5, 5.41) is -0.419. The molecule has 0 aliphatic carbocycles. The Morgan fingerprint density at radius 1 is 1.19 bits per heavy atom. The molecule has 1 aromatic carbocycles. The second-order valence-electron chi connectivity index (χ2n) is 6.70. The number of anilines is 1. The van der Waals surface area contributed by atoms with Gasteiger partial charge in [-0.3, -0.25) is 9.59 Å². The Hall–Kier alpha value is -1.80. The van der Waals surface area contributed by atoms with Crippen LogP contribution >= 0.6 is 11.6 Å². The molecule has 0 aromatic heterocycles. The van der Waals surface area contributed by atoms with Crippen molar-refractivity contribution in [3.63, 3.8) is 0 Å². The first-order valence-corrected chi connectivity index (χ1v) is 8.69. The highest BCUT2D eigenvalue weighted by Gasteiger charge is 2.39. The highest BCUT2D eigenvalue weighted by Crippen LogP contribution is 2.38. The molecule has 2 aliphatic heterocycles. The van der Waals surface area contributed by atoms with E-state index in [9.17, 15) is 22.8 Å². The molecule has 1 atom stereocenters. The zero-order valence-corrected chi connectivity index (χ0v) is 15.0. The number of likely N-dealkylation sites (N-methyl/N-ethyl adjacent to an activating group) is 1. The van der Waals surface area contributed by atoms with E-state index in [0.29, 0.717) is 13.1 Å². The van der Waals surface area contributed by atoms with Crippen LogP contribution in [-0.2, 0) is 15.8 Å². The van der Waals surface area contributed by atoms with Crippen molar-refractivity contribution in [3.05, 3.63) is 28.8 Å². The maximum Gasteiger partial charge on any atom is 0.417 e. The molecule has 2 heterocycles. The molecule has 2 saturated heterocycles. The van der Waals surface area contributed by atoms with Gasteiger partial charge in [0.2, 0.25) is 11.8 Å². The molecule has 2 amide bonds.